The van der Waals surface area contributed by atoms with Crippen LogP contribution in [0.1, 0.15) is 38.7 Å². The molecule has 1 amide bonds. The predicted molar refractivity (Wildman–Crippen MR) is 81.3 cm³/mol. The van der Waals surface area contributed by atoms with Gasteiger partial charge in [-0.1, -0.05) is 48.0 Å². The first kappa shape index (κ1) is 16.7. The number of carbonyl (C=O) groups is 2. The van der Waals surface area contributed by atoms with Gasteiger partial charge in [-0.3, -0.25) is 9.59 Å². The Kier molecular flexibility index (Phi) is 6.20. The van der Waals surface area contributed by atoms with Crippen LogP contribution in [0, 0.1) is 5.41 Å². The van der Waals surface area contributed by atoms with E-state index >= 15 is 0 Å². The smallest absolute Gasteiger partial charge is 0.310 e. The first-order valence-corrected chi connectivity index (χ1v) is 7.48. The van der Waals surface area contributed by atoms with Crippen molar-refractivity contribution in [3.63, 3.8) is 0 Å². The molecule has 0 saturated carbocycles. The summed E-state index contributed by atoms with van der Waals surface area (Å²) >= 11 is 3.41. The number of carboxylic acid groups (broad SMARTS) is 1. The second-order valence-corrected chi connectivity index (χ2v) is 5.69. The van der Waals surface area contributed by atoms with E-state index in [4.69, 9.17) is 0 Å². The molecule has 0 unspecified atom stereocenters. The number of rotatable bonds is 7. The summed E-state index contributed by atoms with van der Waals surface area (Å²) in [7, 11) is 0. The van der Waals surface area contributed by atoms with Crippen LogP contribution in [0.15, 0.2) is 28.7 Å². The fourth-order valence-corrected chi connectivity index (χ4v) is 2.51. The number of hydrogen-bond acceptors (Lipinski definition) is 2. The van der Waals surface area contributed by atoms with E-state index in [1.807, 2.05) is 24.3 Å². The highest BCUT2D eigenvalue weighted by Crippen LogP contribution is 2.30. The lowest BCUT2D eigenvalue weighted by atomic mass is 9.79. The molecule has 0 atom stereocenters. The molecule has 0 heterocycles. The SMILES string of the molecule is CCC(CC)(CC(=O)NCc1ccccc1Br)C(=O)O. The molecule has 5 heteroatoms. The molecule has 1 aromatic carbocycles. The van der Waals surface area contributed by atoms with Gasteiger partial charge in [0.1, 0.15) is 0 Å². The van der Waals surface area contributed by atoms with Crippen molar-refractivity contribution >= 4 is 27.8 Å². The summed E-state index contributed by atoms with van der Waals surface area (Å²) in [5, 5.41) is 12.1. The number of aliphatic carboxylic acids is 1. The summed E-state index contributed by atoms with van der Waals surface area (Å²) in [5.41, 5.74) is 0.00707. The average molecular weight is 342 g/mol. The van der Waals surface area contributed by atoms with Crippen molar-refractivity contribution in [2.75, 3.05) is 0 Å². The van der Waals surface area contributed by atoms with Crippen molar-refractivity contribution in [3.05, 3.63) is 34.3 Å². The second kappa shape index (κ2) is 7.43. The largest absolute Gasteiger partial charge is 0.481 e. The maximum Gasteiger partial charge on any atom is 0.310 e. The van der Waals surface area contributed by atoms with Crippen molar-refractivity contribution in [3.8, 4) is 0 Å². The number of carbonyl (C=O) groups excluding carboxylic acids is 1. The lowest BCUT2D eigenvalue weighted by molar-refractivity contribution is -0.152. The van der Waals surface area contributed by atoms with Crippen LogP contribution in [0.4, 0.5) is 0 Å². The number of amides is 1. The fourth-order valence-electron chi connectivity index (χ4n) is 2.08. The Bertz CT molecular complexity index is 484. The Morgan fingerprint density at radius 2 is 1.85 bits per heavy atom. The molecule has 20 heavy (non-hydrogen) atoms. The van der Waals surface area contributed by atoms with Gasteiger partial charge in [0, 0.05) is 17.4 Å². The Morgan fingerprint density at radius 3 is 2.35 bits per heavy atom. The van der Waals surface area contributed by atoms with Crippen molar-refractivity contribution in [2.24, 2.45) is 5.41 Å². The Balaban J connectivity index is 2.64. The quantitative estimate of drug-likeness (QED) is 0.799. The van der Waals surface area contributed by atoms with Crippen LogP contribution < -0.4 is 5.32 Å². The zero-order chi connectivity index (χ0) is 15.2. The van der Waals surface area contributed by atoms with Crippen molar-refractivity contribution in [1.82, 2.24) is 5.32 Å². The van der Waals surface area contributed by atoms with Crippen LogP contribution in [0.3, 0.4) is 0 Å². The van der Waals surface area contributed by atoms with Crippen LogP contribution in [0.2, 0.25) is 0 Å². The van der Waals surface area contributed by atoms with Gasteiger partial charge in [0.2, 0.25) is 5.91 Å². The first-order valence-electron chi connectivity index (χ1n) is 6.68. The molecule has 0 spiro atoms. The molecule has 0 aliphatic heterocycles. The van der Waals surface area contributed by atoms with Crippen molar-refractivity contribution < 1.29 is 14.7 Å². The summed E-state index contributed by atoms with van der Waals surface area (Å²) in [6, 6.07) is 7.61. The van der Waals surface area contributed by atoms with E-state index in [0.29, 0.717) is 19.4 Å². The fraction of sp³-hybridized carbons (Fsp3) is 0.467. The maximum atomic E-state index is 12.0. The Morgan fingerprint density at radius 1 is 1.25 bits per heavy atom. The highest BCUT2D eigenvalue weighted by Gasteiger charge is 2.36. The van der Waals surface area contributed by atoms with Crippen LogP contribution in [-0.4, -0.2) is 17.0 Å². The molecular weight excluding hydrogens is 322 g/mol. The average Bonchev–Trinajstić information content (AvgIpc) is 2.43. The summed E-state index contributed by atoms with van der Waals surface area (Å²) < 4.78 is 0.927. The number of hydrogen-bond donors (Lipinski definition) is 2. The van der Waals surface area contributed by atoms with Gasteiger partial charge in [-0.25, -0.2) is 0 Å². The molecule has 0 aliphatic rings. The van der Waals surface area contributed by atoms with Gasteiger partial charge >= 0.3 is 5.97 Å². The third-order valence-corrected chi connectivity index (χ3v) is 4.51. The minimum Gasteiger partial charge on any atom is -0.481 e. The molecule has 0 aromatic heterocycles. The van der Waals surface area contributed by atoms with Gasteiger partial charge in [-0.15, -0.1) is 0 Å². The van der Waals surface area contributed by atoms with Gasteiger partial charge in [0.25, 0.3) is 0 Å². The Labute approximate surface area is 127 Å². The summed E-state index contributed by atoms with van der Waals surface area (Å²) in [4.78, 5) is 23.3. The monoisotopic (exact) mass is 341 g/mol. The molecular formula is C15H20BrNO3. The number of nitrogens with one attached hydrogen (secondary N) is 1. The van der Waals surface area contributed by atoms with E-state index in [1.54, 1.807) is 13.8 Å². The molecule has 4 nitrogen and oxygen atoms in total. The summed E-state index contributed by atoms with van der Waals surface area (Å²) in [6.45, 7) is 4.00. The lowest BCUT2D eigenvalue weighted by Gasteiger charge is -2.25. The normalized spacial score (nSPS) is 11.2. The van der Waals surface area contributed by atoms with Crippen molar-refractivity contribution in [1.29, 1.82) is 0 Å². The van der Waals surface area contributed by atoms with E-state index in [-0.39, 0.29) is 12.3 Å². The minimum absolute atomic E-state index is 0.0137. The predicted octanol–water partition coefficient (Wildman–Crippen LogP) is 3.35. The van der Waals surface area contributed by atoms with E-state index < -0.39 is 11.4 Å². The standard InChI is InChI=1S/C15H20BrNO3/c1-3-15(4-2,14(19)20)9-13(18)17-10-11-7-5-6-8-12(11)16/h5-8H,3-4,9-10H2,1-2H3,(H,17,18)(H,19,20). The highest BCUT2D eigenvalue weighted by molar-refractivity contribution is 9.10. The topological polar surface area (TPSA) is 66.4 Å². The summed E-state index contributed by atoms with van der Waals surface area (Å²) in [5.74, 6) is -1.13. The van der Waals surface area contributed by atoms with E-state index in [0.717, 1.165) is 10.0 Å². The van der Waals surface area contributed by atoms with Gasteiger partial charge in [0.15, 0.2) is 0 Å². The van der Waals surface area contributed by atoms with Gasteiger partial charge < -0.3 is 10.4 Å². The molecule has 0 aliphatic carbocycles. The zero-order valence-electron chi connectivity index (χ0n) is 11.8. The Hall–Kier alpha value is -1.36. The van der Waals surface area contributed by atoms with E-state index in [2.05, 4.69) is 21.2 Å². The third kappa shape index (κ3) is 4.07. The van der Waals surface area contributed by atoms with E-state index in [1.165, 1.54) is 0 Å². The van der Waals surface area contributed by atoms with Gasteiger partial charge in [-0.05, 0) is 24.5 Å². The first-order chi connectivity index (χ1) is 9.45. The van der Waals surface area contributed by atoms with Crippen LogP contribution in [0.5, 0.6) is 0 Å². The molecule has 110 valence electrons. The number of benzene rings is 1. The maximum absolute atomic E-state index is 12.0. The minimum atomic E-state index is -0.960. The molecule has 1 rings (SSSR count). The number of carboxylic acids is 1. The molecule has 0 radical (unpaired) electrons. The van der Waals surface area contributed by atoms with Crippen LogP contribution in [-0.2, 0) is 16.1 Å². The lowest BCUT2D eigenvalue weighted by Crippen LogP contribution is -2.36. The molecule has 1 aromatic rings. The van der Waals surface area contributed by atoms with E-state index in [9.17, 15) is 14.7 Å². The second-order valence-electron chi connectivity index (χ2n) is 4.84. The van der Waals surface area contributed by atoms with Gasteiger partial charge in [0.05, 0.1) is 5.41 Å². The van der Waals surface area contributed by atoms with Gasteiger partial charge in [-0.2, -0.15) is 0 Å². The molecule has 0 fully saturated rings. The number of halogens is 1. The highest BCUT2D eigenvalue weighted by atomic mass is 79.9. The third-order valence-electron chi connectivity index (χ3n) is 3.74. The molecule has 0 bridgehead atoms. The molecule has 2 N–H and O–H groups in total. The zero-order valence-corrected chi connectivity index (χ0v) is 13.4. The summed E-state index contributed by atoms with van der Waals surface area (Å²) in [6.07, 6.45) is 0.905. The molecule has 0 saturated heterocycles. The van der Waals surface area contributed by atoms with Crippen molar-refractivity contribution in [2.45, 2.75) is 39.7 Å². The van der Waals surface area contributed by atoms with Crippen LogP contribution in [0.25, 0.3) is 0 Å². The van der Waals surface area contributed by atoms with Crippen LogP contribution >= 0.6 is 15.9 Å².